The van der Waals surface area contributed by atoms with Crippen molar-refractivity contribution in [3.05, 3.63) is 82.3 Å². The fourth-order valence-corrected chi connectivity index (χ4v) is 4.31. The number of nitrogens with one attached hydrogen (secondary N) is 2. The Morgan fingerprint density at radius 3 is 2.55 bits per heavy atom. The quantitative estimate of drug-likeness (QED) is 0.826. The predicted molar refractivity (Wildman–Crippen MR) is 113 cm³/mol. The number of benzene rings is 1. The van der Waals surface area contributed by atoms with Crippen LogP contribution < -0.4 is 10.6 Å². The van der Waals surface area contributed by atoms with E-state index >= 15 is 0 Å². The van der Waals surface area contributed by atoms with Crippen LogP contribution in [0.5, 0.6) is 0 Å². The minimum Gasteiger partial charge on any atom is -0.362 e. The van der Waals surface area contributed by atoms with Crippen LogP contribution >= 0.6 is 0 Å². The zero-order valence-electron chi connectivity index (χ0n) is 17.0. The van der Waals surface area contributed by atoms with Crippen LogP contribution in [-0.4, -0.2) is 16.7 Å². The lowest BCUT2D eigenvalue weighted by atomic mass is 9.73. The normalized spacial score (nSPS) is 21.6. The first-order chi connectivity index (χ1) is 13.9. The second-order valence-corrected chi connectivity index (χ2v) is 7.95. The maximum absolute atomic E-state index is 13.3. The zero-order chi connectivity index (χ0) is 20.5. The van der Waals surface area contributed by atoms with E-state index in [1.807, 2.05) is 56.3 Å². The standard InChI is InChI=1S/C24H25N3O2/c1-14-12-18-23(19(28)13-14)22(17-9-5-4-6-10-17)21(16(3)26-18)24(29)27-20-11-7-8-15(2)25-20/h4-11,14,22,26H,12-13H2,1-3H3,(H,25,27,29). The van der Waals surface area contributed by atoms with Crippen LogP contribution in [0, 0.1) is 12.8 Å². The summed E-state index contributed by atoms with van der Waals surface area (Å²) in [6, 6.07) is 15.3. The molecule has 2 heterocycles. The van der Waals surface area contributed by atoms with Gasteiger partial charge in [-0.3, -0.25) is 9.59 Å². The van der Waals surface area contributed by atoms with Crippen molar-refractivity contribution in [3.8, 4) is 0 Å². The third-order valence-corrected chi connectivity index (χ3v) is 5.54. The summed E-state index contributed by atoms with van der Waals surface area (Å²) in [6.07, 6.45) is 1.33. The number of ketones is 1. The molecule has 0 saturated carbocycles. The Bertz CT molecular complexity index is 1040. The summed E-state index contributed by atoms with van der Waals surface area (Å²) in [5.41, 5.74) is 4.81. The first kappa shape index (κ1) is 19.1. The number of dihydropyridines is 1. The maximum atomic E-state index is 13.3. The lowest BCUT2D eigenvalue weighted by Gasteiger charge is -2.36. The van der Waals surface area contributed by atoms with Crippen LogP contribution in [0.15, 0.2) is 71.1 Å². The summed E-state index contributed by atoms with van der Waals surface area (Å²) in [5.74, 6) is 0.305. The van der Waals surface area contributed by atoms with Crippen molar-refractivity contribution in [1.29, 1.82) is 0 Å². The van der Waals surface area contributed by atoms with E-state index in [4.69, 9.17) is 0 Å². The lowest BCUT2D eigenvalue weighted by molar-refractivity contribution is -0.117. The average molecular weight is 387 g/mol. The third kappa shape index (κ3) is 3.73. The number of rotatable bonds is 3. The number of nitrogens with zero attached hydrogens (tertiary/aromatic N) is 1. The van der Waals surface area contributed by atoms with Crippen molar-refractivity contribution in [2.45, 2.75) is 39.5 Å². The van der Waals surface area contributed by atoms with Gasteiger partial charge in [-0.15, -0.1) is 0 Å². The van der Waals surface area contributed by atoms with Crippen LogP contribution in [0.2, 0.25) is 0 Å². The minimum atomic E-state index is -0.378. The van der Waals surface area contributed by atoms with Crippen LogP contribution in [-0.2, 0) is 9.59 Å². The van der Waals surface area contributed by atoms with E-state index in [1.165, 1.54) is 0 Å². The number of carbonyl (C=O) groups is 2. The minimum absolute atomic E-state index is 0.117. The number of hydrogen-bond donors (Lipinski definition) is 2. The highest BCUT2D eigenvalue weighted by atomic mass is 16.2. The van der Waals surface area contributed by atoms with Gasteiger partial charge >= 0.3 is 0 Å². The third-order valence-electron chi connectivity index (χ3n) is 5.54. The molecule has 1 aromatic carbocycles. The molecule has 1 aliphatic heterocycles. The van der Waals surface area contributed by atoms with Crippen LogP contribution in [0.25, 0.3) is 0 Å². The van der Waals surface area contributed by atoms with Crippen molar-refractivity contribution in [3.63, 3.8) is 0 Å². The topological polar surface area (TPSA) is 71.1 Å². The molecule has 29 heavy (non-hydrogen) atoms. The molecule has 5 heteroatoms. The molecule has 148 valence electrons. The number of carbonyl (C=O) groups excluding carboxylic acids is 2. The molecule has 1 aliphatic carbocycles. The SMILES string of the molecule is CC1=C(C(=O)Nc2cccc(C)n2)C(c2ccccc2)C2=C(CC(C)CC2=O)N1. The van der Waals surface area contributed by atoms with E-state index in [0.29, 0.717) is 23.7 Å². The van der Waals surface area contributed by atoms with Gasteiger partial charge in [-0.2, -0.15) is 0 Å². The highest BCUT2D eigenvalue weighted by Crippen LogP contribution is 2.43. The second-order valence-electron chi connectivity index (χ2n) is 7.95. The molecule has 0 spiro atoms. The van der Waals surface area contributed by atoms with E-state index in [0.717, 1.165) is 34.6 Å². The molecule has 2 unspecified atom stereocenters. The van der Waals surface area contributed by atoms with Crippen LogP contribution in [0.3, 0.4) is 0 Å². The number of anilines is 1. The van der Waals surface area contributed by atoms with Gasteiger partial charge < -0.3 is 10.6 Å². The fraction of sp³-hybridized carbons (Fsp3) is 0.292. The van der Waals surface area contributed by atoms with E-state index in [-0.39, 0.29) is 17.6 Å². The number of allylic oxidation sites excluding steroid dienone is 3. The Morgan fingerprint density at radius 2 is 1.83 bits per heavy atom. The van der Waals surface area contributed by atoms with Gasteiger partial charge in [-0.1, -0.05) is 43.3 Å². The summed E-state index contributed by atoms with van der Waals surface area (Å²) in [6.45, 7) is 5.88. The van der Waals surface area contributed by atoms with Gasteiger partial charge in [0.05, 0.1) is 0 Å². The van der Waals surface area contributed by atoms with Gasteiger partial charge in [0.2, 0.25) is 0 Å². The highest BCUT2D eigenvalue weighted by molar-refractivity contribution is 6.09. The Balaban J connectivity index is 1.78. The average Bonchev–Trinajstić information content (AvgIpc) is 2.67. The summed E-state index contributed by atoms with van der Waals surface area (Å²) in [7, 11) is 0. The van der Waals surface area contributed by atoms with Crippen molar-refractivity contribution in [1.82, 2.24) is 10.3 Å². The number of amides is 1. The molecular weight excluding hydrogens is 362 g/mol. The Morgan fingerprint density at radius 1 is 1.07 bits per heavy atom. The molecule has 1 amide bonds. The maximum Gasteiger partial charge on any atom is 0.255 e. The van der Waals surface area contributed by atoms with E-state index in [1.54, 1.807) is 6.07 Å². The molecular formula is C24H25N3O2. The van der Waals surface area contributed by atoms with Crippen molar-refractivity contribution < 1.29 is 9.59 Å². The molecule has 0 saturated heterocycles. The molecule has 4 rings (SSSR count). The van der Waals surface area contributed by atoms with Gasteiger partial charge in [0.15, 0.2) is 5.78 Å². The molecule has 0 bridgehead atoms. The summed E-state index contributed by atoms with van der Waals surface area (Å²) in [4.78, 5) is 30.8. The number of pyridine rings is 1. The Kier molecular flexibility index (Phi) is 5.05. The summed E-state index contributed by atoms with van der Waals surface area (Å²) < 4.78 is 0. The zero-order valence-corrected chi connectivity index (χ0v) is 17.0. The number of Topliss-reactive ketones (excluding diaryl/α,β-unsaturated/α-hetero) is 1. The Labute approximate surface area is 170 Å². The first-order valence-electron chi connectivity index (χ1n) is 9.98. The molecule has 0 fully saturated rings. The molecule has 0 radical (unpaired) electrons. The highest BCUT2D eigenvalue weighted by Gasteiger charge is 2.39. The van der Waals surface area contributed by atoms with Gasteiger partial charge in [0, 0.05) is 40.6 Å². The summed E-state index contributed by atoms with van der Waals surface area (Å²) in [5, 5.41) is 6.28. The molecule has 2 aliphatic rings. The molecule has 1 aromatic heterocycles. The summed E-state index contributed by atoms with van der Waals surface area (Å²) >= 11 is 0. The van der Waals surface area contributed by atoms with Crippen LogP contribution in [0.1, 0.15) is 43.9 Å². The van der Waals surface area contributed by atoms with E-state index < -0.39 is 0 Å². The monoisotopic (exact) mass is 387 g/mol. The Hall–Kier alpha value is -3.21. The van der Waals surface area contributed by atoms with Crippen molar-refractivity contribution in [2.75, 3.05) is 5.32 Å². The number of aromatic nitrogens is 1. The number of aryl methyl sites for hydroxylation is 1. The first-order valence-corrected chi connectivity index (χ1v) is 9.98. The van der Waals surface area contributed by atoms with Crippen molar-refractivity contribution in [2.24, 2.45) is 5.92 Å². The van der Waals surface area contributed by atoms with E-state index in [2.05, 4.69) is 22.5 Å². The van der Waals surface area contributed by atoms with Gasteiger partial charge in [-0.25, -0.2) is 4.98 Å². The van der Waals surface area contributed by atoms with Gasteiger partial charge in [-0.05, 0) is 43.9 Å². The second kappa shape index (κ2) is 7.66. The smallest absolute Gasteiger partial charge is 0.255 e. The van der Waals surface area contributed by atoms with E-state index in [9.17, 15) is 9.59 Å². The predicted octanol–water partition coefficient (Wildman–Crippen LogP) is 4.24. The fourth-order valence-electron chi connectivity index (χ4n) is 4.31. The van der Waals surface area contributed by atoms with Gasteiger partial charge in [0.1, 0.15) is 5.82 Å². The van der Waals surface area contributed by atoms with Crippen LogP contribution in [0.4, 0.5) is 5.82 Å². The molecule has 2 N–H and O–H groups in total. The lowest BCUT2D eigenvalue weighted by Crippen LogP contribution is -2.37. The molecule has 2 atom stereocenters. The van der Waals surface area contributed by atoms with Crippen molar-refractivity contribution >= 4 is 17.5 Å². The largest absolute Gasteiger partial charge is 0.362 e. The molecule has 5 nitrogen and oxygen atoms in total. The molecule has 2 aromatic rings. The number of hydrogen-bond acceptors (Lipinski definition) is 4. The van der Waals surface area contributed by atoms with Gasteiger partial charge in [0.25, 0.3) is 5.91 Å².